The van der Waals surface area contributed by atoms with E-state index in [1.807, 2.05) is 28.2 Å². The molecule has 12 aromatic carbocycles. The zero-order valence-electron chi connectivity index (χ0n) is 84.4. The second-order valence-electron chi connectivity index (χ2n) is 35.6. The molecule has 0 amide bonds. The van der Waals surface area contributed by atoms with Crippen molar-refractivity contribution in [2.45, 2.75) is 211 Å². The number of hydrogen-bond acceptors (Lipinski definition) is 8. The van der Waals surface area contributed by atoms with Gasteiger partial charge in [0.05, 0.1) is 0 Å². The third kappa shape index (κ3) is 29.6. The van der Waals surface area contributed by atoms with Crippen LogP contribution < -0.4 is 71.0 Å². The molecule has 2 aliphatic rings. The standard InChI is InChI=1S/2C30H30S.2C23H29N2.2C5H4S.CH4.3CH3.3ClH.K.2Ru/c2*1-18-7-19(2)11-24(10-18)25-16-28(26-12-20(3)8-21(4)13-26)30(31)29(17-25)27-14-22(5)9-23(6)15-27;2*1-14-9-16(3)22(17(4)10-14)24-13-25(21(8)20(24)7)23-18(5)11-15(2)12-19(23)6;2*1-5-3-2-4-6-5;;;;;;;;;;/h2*7-17,31H,1-6H3;2*9-13H,1-8H3;2*1-4H;1H4;3*1H3;3*1H;;;/q;;2*-1;;;;3*-1;;;;2*+1;+2/p-5. The van der Waals surface area contributed by atoms with E-state index < -0.39 is 13.5 Å². The van der Waals surface area contributed by atoms with Crippen LogP contribution in [0.1, 0.15) is 178 Å². The van der Waals surface area contributed by atoms with E-state index >= 15 is 0 Å². The van der Waals surface area contributed by atoms with Crippen LogP contribution in [0.4, 0.5) is 22.7 Å². The van der Waals surface area contributed by atoms with Crippen molar-refractivity contribution in [3.63, 3.8) is 0 Å². The maximum Gasteiger partial charge on any atom is 1.00 e. The molecule has 2 aliphatic heterocycles. The van der Waals surface area contributed by atoms with Gasteiger partial charge in [0.15, 0.2) is 0 Å². The summed E-state index contributed by atoms with van der Waals surface area (Å²) < 4.78 is 4.03. The first-order valence-electron chi connectivity index (χ1n) is 43.7. The minimum absolute atomic E-state index is 0. The fraction of sp³-hybridized carbons (Fsp3) is 0.242. The van der Waals surface area contributed by atoms with Gasteiger partial charge in [0, 0.05) is 45.5 Å². The first-order chi connectivity index (χ1) is 61.0. The third-order valence-electron chi connectivity index (χ3n) is 23.3. The van der Waals surface area contributed by atoms with E-state index in [0.717, 1.165) is 32.0 Å². The van der Waals surface area contributed by atoms with Gasteiger partial charge < -0.3 is 67.1 Å². The molecule has 705 valence electrons. The molecule has 14 aromatic rings. The van der Waals surface area contributed by atoms with E-state index in [2.05, 4.69) is 425 Å². The molecule has 0 bridgehead atoms. The van der Waals surface area contributed by atoms with Crippen molar-refractivity contribution >= 4 is 109 Å². The molecule has 0 unspecified atom stereocenters. The molecule has 0 saturated heterocycles. The summed E-state index contributed by atoms with van der Waals surface area (Å²) in [6, 6.07) is 75.7. The molecule has 0 saturated carbocycles. The maximum atomic E-state index is 6.09. The predicted molar refractivity (Wildman–Crippen MR) is 594 cm³/mol. The number of thiophene rings is 2. The summed E-state index contributed by atoms with van der Waals surface area (Å²) in [6.07, 6.45) is 0. The Morgan fingerprint density at radius 2 is 0.455 bits per heavy atom. The summed E-state index contributed by atoms with van der Waals surface area (Å²) in [5.74, 6) is 0. The normalized spacial score (nSPS) is 12.0. The Balaban J connectivity index is 0.000000256. The van der Waals surface area contributed by atoms with E-state index in [1.54, 1.807) is 22.7 Å². The Bertz CT molecular complexity index is 5770. The van der Waals surface area contributed by atoms with Crippen LogP contribution in [0.15, 0.2) is 250 Å². The minimum atomic E-state index is -1.57. The number of hydrogen-bond donors (Lipinski definition) is 0. The monoisotopic (exact) mass is 2110 g/mol. The number of rotatable bonds is 12. The van der Waals surface area contributed by atoms with E-state index in [9.17, 15) is 0 Å². The van der Waals surface area contributed by atoms with Gasteiger partial charge in [-0.1, -0.05) is 254 Å². The Hall–Kier alpha value is -7.35. The molecule has 0 spiro atoms. The number of nitrogens with zero attached hydrogens (tertiary/aromatic N) is 4. The van der Waals surface area contributed by atoms with Crippen LogP contribution in [0.3, 0.4) is 0 Å². The van der Waals surface area contributed by atoms with E-state index in [0.29, 0.717) is 0 Å². The van der Waals surface area contributed by atoms with E-state index in [1.165, 1.54) is 233 Å². The van der Waals surface area contributed by atoms with E-state index in [4.69, 9.17) is 54.3 Å². The molecule has 4 heterocycles. The van der Waals surface area contributed by atoms with Gasteiger partial charge in [0.2, 0.25) is 0 Å². The van der Waals surface area contributed by atoms with Gasteiger partial charge in [-0.2, -0.15) is 9.79 Å². The van der Waals surface area contributed by atoms with Crippen molar-refractivity contribution in [2.24, 2.45) is 0 Å². The number of halogens is 3. The second-order valence-corrected chi connectivity index (χ2v) is 45.9. The molecule has 4 nitrogen and oxygen atoms in total. The Morgan fingerprint density at radius 3 is 0.634 bits per heavy atom. The van der Waals surface area contributed by atoms with Gasteiger partial charge in [-0.15, -0.1) is 13.3 Å². The average molecular weight is 2110 g/mol. The van der Waals surface area contributed by atoms with Gasteiger partial charge >= 0.3 is 186 Å². The summed E-state index contributed by atoms with van der Waals surface area (Å²) in [7, 11) is 16.8. The quantitative estimate of drug-likeness (QED) is 0.0682. The summed E-state index contributed by atoms with van der Waals surface area (Å²) >= 11 is 14.0. The molecule has 0 radical (unpaired) electrons. The largest absolute Gasteiger partial charge is 1.00 e. The van der Waals surface area contributed by atoms with Crippen LogP contribution >= 0.6 is 51.7 Å². The topological polar surface area (TPSA) is 13.0 Å². The van der Waals surface area contributed by atoms with Crippen LogP contribution in [-0.4, -0.2) is 9.22 Å². The van der Waals surface area contributed by atoms with Crippen molar-refractivity contribution in [1.82, 2.24) is 0 Å². The molecule has 0 atom stereocenters. The molecular weight excluding hydrogens is 1970 g/mol. The smallest absolute Gasteiger partial charge is 1.00 e. The zero-order valence-corrected chi connectivity index (χ0v) is 96.5. The van der Waals surface area contributed by atoms with Crippen molar-refractivity contribution in [3.8, 4) is 66.8 Å². The molecule has 0 N–H and O–H groups in total. The number of aryl methyl sites for hydroxylation is 24. The molecule has 16 rings (SSSR count). The van der Waals surface area contributed by atoms with Crippen LogP contribution in [0.5, 0.6) is 0 Å². The van der Waals surface area contributed by atoms with Crippen LogP contribution in [-0.2, 0) is 54.5 Å². The SMILES string of the molecule is C.CC1=C(C)N(c2c(C)cc(C)cc2C)[CH-]N1c1c(C)cc(C)cc1C.CC1=C(C)N(c2c(C)cc(C)cc2C)[CH-]N1c1c(C)cc(C)cc1C.Cc1cc(C)cc(-c2cc(-c3cc(C)cc(C)c3)c([S-])c(-c3cc(C)cc(C)c3)c2)c1.Cc1cc(C)cc(-c2cc(-c3cc(C)cc(C)c3)c([S-])c(-c3cc(C)cc(C)c3)c2)c1.[CH3-].[CH3-].[CH3-].[Cl][Ru]([Cl])=[CH]c1cccs1.[Cl][Ru]=[CH]c1cccs1.[K+]. The predicted octanol–water partition coefficient (Wildman–Crippen LogP) is 33.3. The summed E-state index contributed by atoms with van der Waals surface area (Å²) in [4.78, 5) is 13.7. The Morgan fingerprint density at radius 1 is 0.276 bits per heavy atom. The zero-order chi connectivity index (χ0) is 94.0. The molecule has 0 fully saturated rings. The van der Waals surface area contributed by atoms with Crippen molar-refractivity contribution in [2.75, 3.05) is 19.6 Å². The molecule has 2 aromatic heterocycles. The third-order valence-corrected chi connectivity index (χ3v) is 29.5. The molecule has 14 heteroatoms. The average Bonchev–Trinajstić information content (AvgIpc) is 1.66. The van der Waals surface area contributed by atoms with Gasteiger partial charge in [-0.3, -0.25) is 0 Å². The Kier molecular flexibility index (Phi) is 44.4. The molecular formula is C120H137Cl3KN4Ru2S4-6. The second kappa shape index (κ2) is 51.5. The van der Waals surface area contributed by atoms with Gasteiger partial charge in [-0.25, -0.2) is 0 Å². The van der Waals surface area contributed by atoms with Crippen LogP contribution in [0, 0.1) is 202 Å². The molecule has 134 heavy (non-hydrogen) atoms. The Labute approximate surface area is 895 Å². The number of allylic oxidation sites excluding steroid dienone is 4. The van der Waals surface area contributed by atoms with Crippen LogP contribution in [0.25, 0.3) is 66.8 Å². The van der Waals surface area contributed by atoms with Crippen molar-refractivity contribution in [3.05, 3.63) is 419 Å². The maximum absolute atomic E-state index is 6.09. The minimum Gasteiger partial charge on any atom is 1.00 e. The summed E-state index contributed by atoms with van der Waals surface area (Å²) in [5, 5.41) is 4.07. The van der Waals surface area contributed by atoms with Crippen molar-refractivity contribution in [1.29, 1.82) is 0 Å². The fourth-order valence-corrected chi connectivity index (χ4v) is 24.8. The first-order valence-corrected chi connectivity index (χ1v) is 55.0. The number of anilines is 4. The fourth-order valence-electron chi connectivity index (χ4n) is 18.5. The van der Waals surface area contributed by atoms with Gasteiger partial charge in [0.1, 0.15) is 0 Å². The van der Waals surface area contributed by atoms with Gasteiger partial charge in [-0.05, 0) is 329 Å². The first kappa shape index (κ1) is 115. The molecule has 0 aliphatic carbocycles. The summed E-state index contributed by atoms with van der Waals surface area (Å²) in [6.45, 7) is 65.5. The van der Waals surface area contributed by atoms with Gasteiger partial charge in [0.25, 0.3) is 0 Å². The summed E-state index contributed by atoms with van der Waals surface area (Å²) in [5.41, 5.74) is 55.5. The van der Waals surface area contributed by atoms with Crippen molar-refractivity contribution < 1.29 is 80.6 Å². The number of benzene rings is 12. The van der Waals surface area contributed by atoms with E-state index in [-0.39, 0.29) is 96.8 Å². The van der Waals surface area contributed by atoms with Crippen LogP contribution in [0.2, 0.25) is 0 Å².